The predicted molar refractivity (Wildman–Crippen MR) is 96.8 cm³/mol. The average molecular weight is 330 g/mol. The molecule has 1 aromatic carbocycles. The van der Waals surface area contributed by atoms with Crippen molar-refractivity contribution in [2.24, 2.45) is 5.92 Å². The van der Waals surface area contributed by atoms with E-state index in [9.17, 15) is 9.59 Å². The van der Waals surface area contributed by atoms with Gasteiger partial charge in [0.05, 0.1) is 0 Å². The number of amides is 2. The van der Waals surface area contributed by atoms with Gasteiger partial charge in [-0.15, -0.1) is 0 Å². The number of hydrogen-bond donors (Lipinski definition) is 2. The van der Waals surface area contributed by atoms with Crippen molar-refractivity contribution in [3.05, 3.63) is 35.9 Å². The average Bonchev–Trinajstić information content (AvgIpc) is 3.00. The Labute approximate surface area is 145 Å². The van der Waals surface area contributed by atoms with Crippen LogP contribution in [-0.2, 0) is 4.79 Å². The zero-order valence-electron chi connectivity index (χ0n) is 14.9. The lowest BCUT2D eigenvalue weighted by Gasteiger charge is -2.22. The van der Waals surface area contributed by atoms with Crippen molar-refractivity contribution in [2.45, 2.75) is 70.9 Å². The van der Waals surface area contributed by atoms with Gasteiger partial charge >= 0.3 is 0 Å². The second-order valence-electron chi connectivity index (χ2n) is 6.95. The Kier molecular flexibility index (Phi) is 7.29. The summed E-state index contributed by atoms with van der Waals surface area (Å²) in [5, 5.41) is 6.09. The first kappa shape index (κ1) is 18.5. The van der Waals surface area contributed by atoms with E-state index >= 15 is 0 Å². The highest BCUT2D eigenvalue weighted by atomic mass is 16.2. The minimum atomic E-state index is -0.173. The molecule has 3 unspecified atom stereocenters. The van der Waals surface area contributed by atoms with Gasteiger partial charge in [-0.05, 0) is 44.2 Å². The zero-order chi connectivity index (χ0) is 17.4. The van der Waals surface area contributed by atoms with Gasteiger partial charge in [0.2, 0.25) is 5.91 Å². The predicted octanol–water partition coefficient (Wildman–Crippen LogP) is 3.67. The van der Waals surface area contributed by atoms with Gasteiger partial charge in [-0.25, -0.2) is 0 Å². The summed E-state index contributed by atoms with van der Waals surface area (Å²) in [6.45, 7) is 4.09. The van der Waals surface area contributed by atoms with E-state index in [1.807, 2.05) is 25.1 Å². The largest absolute Gasteiger partial charge is 0.353 e. The molecular weight excluding hydrogens is 300 g/mol. The Hall–Kier alpha value is -1.84. The van der Waals surface area contributed by atoms with Crippen LogP contribution in [0.15, 0.2) is 30.3 Å². The van der Waals surface area contributed by atoms with E-state index in [2.05, 4.69) is 17.6 Å². The summed E-state index contributed by atoms with van der Waals surface area (Å²) >= 11 is 0. The molecule has 2 N–H and O–H groups in total. The minimum Gasteiger partial charge on any atom is -0.353 e. The molecule has 0 aliphatic heterocycles. The fourth-order valence-corrected chi connectivity index (χ4v) is 3.53. The second kappa shape index (κ2) is 9.45. The summed E-state index contributed by atoms with van der Waals surface area (Å²) in [6, 6.07) is 9.25. The number of carbonyl (C=O) groups is 2. The SMILES string of the molecule is CCCCC1CCCC1NC(=O)CC(C)NC(=O)c1ccccc1. The van der Waals surface area contributed by atoms with Gasteiger partial charge in [0, 0.05) is 24.1 Å². The van der Waals surface area contributed by atoms with Crippen molar-refractivity contribution >= 4 is 11.8 Å². The van der Waals surface area contributed by atoms with Crippen molar-refractivity contribution in [1.29, 1.82) is 0 Å². The maximum Gasteiger partial charge on any atom is 0.251 e. The summed E-state index contributed by atoms with van der Waals surface area (Å²) in [7, 11) is 0. The van der Waals surface area contributed by atoms with Gasteiger partial charge < -0.3 is 10.6 Å². The molecule has 132 valence electrons. The van der Waals surface area contributed by atoms with Crippen LogP contribution in [0.25, 0.3) is 0 Å². The molecule has 24 heavy (non-hydrogen) atoms. The molecule has 0 radical (unpaired) electrons. The van der Waals surface area contributed by atoms with Crippen LogP contribution in [0.3, 0.4) is 0 Å². The van der Waals surface area contributed by atoms with E-state index in [0.29, 0.717) is 23.9 Å². The lowest BCUT2D eigenvalue weighted by Crippen LogP contribution is -2.42. The fraction of sp³-hybridized carbons (Fsp3) is 0.600. The summed E-state index contributed by atoms with van der Waals surface area (Å²) < 4.78 is 0. The molecule has 4 nitrogen and oxygen atoms in total. The van der Waals surface area contributed by atoms with Crippen molar-refractivity contribution < 1.29 is 9.59 Å². The van der Waals surface area contributed by atoms with E-state index in [-0.39, 0.29) is 17.9 Å². The van der Waals surface area contributed by atoms with Crippen molar-refractivity contribution in [3.8, 4) is 0 Å². The summed E-state index contributed by atoms with van der Waals surface area (Å²) in [5.74, 6) is 0.546. The van der Waals surface area contributed by atoms with E-state index < -0.39 is 0 Å². The number of nitrogens with one attached hydrogen (secondary N) is 2. The van der Waals surface area contributed by atoms with E-state index in [1.165, 1.54) is 32.1 Å². The highest BCUT2D eigenvalue weighted by Gasteiger charge is 2.28. The Bertz CT molecular complexity index is 530. The van der Waals surface area contributed by atoms with E-state index in [4.69, 9.17) is 0 Å². The van der Waals surface area contributed by atoms with Gasteiger partial charge in [0.25, 0.3) is 5.91 Å². The smallest absolute Gasteiger partial charge is 0.251 e. The van der Waals surface area contributed by atoms with Crippen molar-refractivity contribution in [1.82, 2.24) is 10.6 Å². The van der Waals surface area contributed by atoms with E-state index in [0.717, 1.165) is 6.42 Å². The summed E-state index contributed by atoms with van der Waals surface area (Å²) in [4.78, 5) is 24.4. The van der Waals surface area contributed by atoms with Crippen LogP contribution < -0.4 is 10.6 Å². The van der Waals surface area contributed by atoms with Crippen LogP contribution in [-0.4, -0.2) is 23.9 Å². The molecule has 1 aromatic rings. The molecule has 1 saturated carbocycles. The van der Waals surface area contributed by atoms with Gasteiger partial charge in [-0.1, -0.05) is 44.4 Å². The molecule has 0 heterocycles. The minimum absolute atomic E-state index is 0.0456. The number of carbonyl (C=O) groups excluding carboxylic acids is 2. The summed E-state index contributed by atoms with van der Waals surface area (Å²) in [6.07, 6.45) is 7.51. The number of hydrogen-bond acceptors (Lipinski definition) is 2. The maximum absolute atomic E-state index is 12.3. The molecule has 0 aromatic heterocycles. The Morgan fingerprint density at radius 2 is 1.96 bits per heavy atom. The Morgan fingerprint density at radius 3 is 2.67 bits per heavy atom. The highest BCUT2D eigenvalue weighted by Crippen LogP contribution is 2.29. The highest BCUT2D eigenvalue weighted by molar-refractivity contribution is 5.94. The first-order valence-corrected chi connectivity index (χ1v) is 9.25. The van der Waals surface area contributed by atoms with Crippen LogP contribution in [0, 0.1) is 5.92 Å². The second-order valence-corrected chi connectivity index (χ2v) is 6.95. The first-order valence-electron chi connectivity index (χ1n) is 9.25. The Morgan fingerprint density at radius 1 is 1.21 bits per heavy atom. The third-order valence-electron chi connectivity index (χ3n) is 4.84. The lowest BCUT2D eigenvalue weighted by molar-refractivity contribution is -0.122. The van der Waals surface area contributed by atoms with Crippen LogP contribution in [0.4, 0.5) is 0 Å². The number of rotatable bonds is 8. The van der Waals surface area contributed by atoms with Crippen LogP contribution in [0.1, 0.15) is 69.2 Å². The van der Waals surface area contributed by atoms with Crippen molar-refractivity contribution in [2.75, 3.05) is 0 Å². The topological polar surface area (TPSA) is 58.2 Å². The number of unbranched alkanes of at least 4 members (excludes halogenated alkanes) is 1. The number of benzene rings is 1. The van der Waals surface area contributed by atoms with Gasteiger partial charge in [-0.2, -0.15) is 0 Å². The molecule has 1 aliphatic carbocycles. The lowest BCUT2D eigenvalue weighted by atomic mass is 9.96. The van der Waals surface area contributed by atoms with Gasteiger partial charge in [-0.3, -0.25) is 9.59 Å². The monoisotopic (exact) mass is 330 g/mol. The molecule has 0 bridgehead atoms. The molecule has 0 spiro atoms. The normalized spacial score (nSPS) is 21.2. The van der Waals surface area contributed by atoms with Crippen molar-refractivity contribution in [3.63, 3.8) is 0 Å². The zero-order valence-corrected chi connectivity index (χ0v) is 14.9. The Balaban J connectivity index is 1.76. The quantitative estimate of drug-likeness (QED) is 0.764. The third-order valence-corrected chi connectivity index (χ3v) is 4.84. The molecule has 0 saturated heterocycles. The molecule has 1 aliphatic rings. The van der Waals surface area contributed by atoms with Crippen LogP contribution in [0.2, 0.25) is 0 Å². The van der Waals surface area contributed by atoms with Crippen LogP contribution >= 0.6 is 0 Å². The molecule has 1 fully saturated rings. The first-order chi connectivity index (χ1) is 11.6. The standard InChI is InChI=1S/C20H30N2O2/c1-3-4-9-16-12-8-13-18(16)22-19(23)14-15(2)21-20(24)17-10-6-5-7-11-17/h5-7,10-11,15-16,18H,3-4,8-9,12-14H2,1-2H3,(H,21,24)(H,22,23). The molecule has 2 rings (SSSR count). The van der Waals surface area contributed by atoms with Gasteiger partial charge in [0.15, 0.2) is 0 Å². The molecular formula is C20H30N2O2. The molecule has 4 heteroatoms. The maximum atomic E-state index is 12.3. The fourth-order valence-electron chi connectivity index (χ4n) is 3.53. The van der Waals surface area contributed by atoms with E-state index in [1.54, 1.807) is 12.1 Å². The molecule has 3 atom stereocenters. The molecule has 2 amide bonds. The third kappa shape index (κ3) is 5.66. The van der Waals surface area contributed by atoms with Gasteiger partial charge in [0.1, 0.15) is 0 Å². The summed E-state index contributed by atoms with van der Waals surface area (Å²) in [5.41, 5.74) is 0.625. The van der Waals surface area contributed by atoms with Crippen LogP contribution in [0.5, 0.6) is 0 Å².